The first-order chi connectivity index (χ1) is 13.6. The Hall–Kier alpha value is -2.05. The quantitative estimate of drug-likeness (QED) is 0.586. The number of amides is 1. The molecular weight excluding hydrogens is 420 g/mol. The Morgan fingerprint density at radius 3 is 2.57 bits per heavy atom. The first kappa shape index (κ1) is 20.7. The topological polar surface area (TPSA) is 73.6 Å². The lowest BCUT2D eigenvalue weighted by molar-refractivity contribution is -0.121. The van der Waals surface area contributed by atoms with Gasteiger partial charge in [-0.2, -0.15) is 0 Å². The SMILES string of the molecule is COc1cc(N)c(NC(=O)C2CCC(COCc3ccccc3)CC2)cc1Br. The van der Waals surface area contributed by atoms with Gasteiger partial charge in [-0.05, 0) is 59.2 Å². The zero-order valence-electron chi connectivity index (χ0n) is 16.1. The van der Waals surface area contributed by atoms with Crippen molar-refractivity contribution in [3.63, 3.8) is 0 Å². The highest BCUT2D eigenvalue weighted by molar-refractivity contribution is 9.10. The van der Waals surface area contributed by atoms with Crippen molar-refractivity contribution in [3.05, 3.63) is 52.5 Å². The van der Waals surface area contributed by atoms with Crippen molar-refractivity contribution in [1.29, 1.82) is 0 Å². The van der Waals surface area contributed by atoms with Crippen LogP contribution in [0.5, 0.6) is 5.75 Å². The van der Waals surface area contributed by atoms with Crippen molar-refractivity contribution in [2.24, 2.45) is 11.8 Å². The van der Waals surface area contributed by atoms with E-state index in [2.05, 4.69) is 33.4 Å². The molecule has 0 unspecified atom stereocenters. The maximum absolute atomic E-state index is 12.6. The Kier molecular flexibility index (Phi) is 7.34. The molecule has 0 bridgehead atoms. The zero-order chi connectivity index (χ0) is 19.9. The number of anilines is 2. The van der Waals surface area contributed by atoms with E-state index in [0.29, 0.717) is 29.6 Å². The molecule has 1 aliphatic rings. The zero-order valence-corrected chi connectivity index (χ0v) is 17.7. The largest absolute Gasteiger partial charge is 0.495 e. The fourth-order valence-electron chi connectivity index (χ4n) is 3.58. The number of nitrogens with two attached hydrogens (primary N) is 1. The second-order valence-electron chi connectivity index (χ2n) is 7.28. The molecule has 2 aromatic rings. The van der Waals surface area contributed by atoms with Gasteiger partial charge in [0.05, 0.1) is 29.6 Å². The van der Waals surface area contributed by atoms with Crippen LogP contribution in [0.3, 0.4) is 0 Å². The predicted molar refractivity (Wildman–Crippen MR) is 115 cm³/mol. The molecule has 2 aromatic carbocycles. The van der Waals surface area contributed by atoms with Crippen molar-refractivity contribution in [3.8, 4) is 5.75 Å². The lowest BCUT2D eigenvalue weighted by Crippen LogP contribution is -2.28. The molecule has 3 rings (SSSR count). The molecule has 0 spiro atoms. The predicted octanol–water partition coefficient (Wildman–Crippen LogP) is 5.00. The molecule has 5 nitrogen and oxygen atoms in total. The van der Waals surface area contributed by atoms with Crippen LogP contribution in [0.4, 0.5) is 11.4 Å². The Labute approximate surface area is 174 Å². The molecule has 3 N–H and O–H groups in total. The smallest absolute Gasteiger partial charge is 0.227 e. The summed E-state index contributed by atoms with van der Waals surface area (Å²) in [6.45, 7) is 1.40. The van der Waals surface area contributed by atoms with Crippen LogP contribution < -0.4 is 15.8 Å². The van der Waals surface area contributed by atoms with E-state index < -0.39 is 0 Å². The number of carbonyl (C=O) groups is 1. The van der Waals surface area contributed by atoms with Crippen molar-refractivity contribution in [1.82, 2.24) is 0 Å². The van der Waals surface area contributed by atoms with Gasteiger partial charge >= 0.3 is 0 Å². The number of carbonyl (C=O) groups excluding carboxylic acids is 1. The third-order valence-corrected chi connectivity index (χ3v) is 5.88. The van der Waals surface area contributed by atoms with E-state index in [-0.39, 0.29) is 11.8 Å². The minimum Gasteiger partial charge on any atom is -0.495 e. The van der Waals surface area contributed by atoms with Gasteiger partial charge in [-0.1, -0.05) is 30.3 Å². The summed E-state index contributed by atoms with van der Waals surface area (Å²) in [5, 5.41) is 2.97. The summed E-state index contributed by atoms with van der Waals surface area (Å²) in [5.41, 5.74) is 8.34. The number of ether oxygens (including phenoxy) is 2. The minimum atomic E-state index is 0.0191. The van der Waals surface area contributed by atoms with Crippen LogP contribution in [-0.2, 0) is 16.1 Å². The van der Waals surface area contributed by atoms with Gasteiger partial charge in [0.2, 0.25) is 5.91 Å². The number of hydrogen-bond donors (Lipinski definition) is 2. The van der Waals surface area contributed by atoms with E-state index >= 15 is 0 Å². The number of methoxy groups -OCH3 is 1. The number of rotatable bonds is 7. The molecule has 150 valence electrons. The molecule has 1 amide bonds. The second kappa shape index (κ2) is 9.94. The van der Waals surface area contributed by atoms with Gasteiger partial charge in [0.1, 0.15) is 5.75 Å². The lowest BCUT2D eigenvalue weighted by Gasteiger charge is -2.27. The molecule has 0 aliphatic heterocycles. The number of nitrogens with one attached hydrogen (secondary N) is 1. The summed E-state index contributed by atoms with van der Waals surface area (Å²) in [6, 6.07) is 13.7. The molecule has 1 fully saturated rings. The van der Waals surface area contributed by atoms with E-state index in [1.807, 2.05) is 18.2 Å². The summed E-state index contributed by atoms with van der Waals surface area (Å²) in [7, 11) is 1.58. The highest BCUT2D eigenvalue weighted by atomic mass is 79.9. The second-order valence-corrected chi connectivity index (χ2v) is 8.14. The van der Waals surface area contributed by atoms with Crippen molar-refractivity contribution >= 4 is 33.2 Å². The van der Waals surface area contributed by atoms with E-state index in [0.717, 1.165) is 36.8 Å². The number of hydrogen-bond acceptors (Lipinski definition) is 4. The van der Waals surface area contributed by atoms with Crippen LogP contribution in [0.1, 0.15) is 31.2 Å². The van der Waals surface area contributed by atoms with Crippen LogP contribution in [0.15, 0.2) is 46.9 Å². The molecule has 28 heavy (non-hydrogen) atoms. The van der Waals surface area contributed by atoms with Gasteiger partial charge in [-0.15, -0.1) is 0 Å². The fourth-order valence-corrected chi connectivity index (χ4v) is 4.08. The van der Waals surface area contributed by atoms with E-state index in [9.17, 15) is 4.79 Å². The maximum atomic E-state index is 12.6. The van der Waals surface area contributed by atoms with E-state index in [4.69, 9.17) is 15.2 Å². The third kappa shape index (κ3) is 5.49. The van der Waals surface area contributed by atoms with Crippen molar-refractivity contribution in [2.45, 2.75) is 32.3 Å². The van der Waals surface area contributed by atoms with E-state index in [1.165, 1.54) is 5.56 Å². The highest BCUT2D eigenvalue weighted by Crippen LogP contribution is 2.34. The Morgan fingerprint density at radius 1 is 1.18 bits per heavy atom. The summed E-state index contributed by atoms with van der Waals surface area (Å²) >= 11 is 3.43. The minimum absolute atomic E-state index is 0.0191. The molecule has 0 aromatic heterocycles. The van der Waals surface area contributed by atoms with Crippen molar-refractivity contribution < 1.29 is 14.3 Å². The molecule has 6 heteroatoms. The standard InChI is InChI=1S/C22H27BrN2O3/c1-27-21-12-19(24)20(11-18(21)23)25-22(26)17-9-7-16(8-10-17)14-28-13-15-5-3-2-4-6-15/h2-6,11-12,16-17H,7-10,13-14,24H2,1H3,(H,25,26). The van der Waals surface area contributed by atoms with Crippen LogP contribution in [0, 0.1) is 11.8 Å². The Balaban J connectivity index is 1.44. The highest BCUT2D eigenvalue weighted by Gasteiger charge is 2.27. The average molecular weight is 447 g/mol. The van der Waals surface area contributed by atoms with Crippen molar-refractivity contribution in [2.75, 3.05) is 24.8 Å². The monoisotopic (exact) mass is 446 g/mol. The van der Waals surface area contributed by atoms with Gasteiger partial charge < -0.3 is 20.5 Å². The van der Waals surface area contributed by atoms with Gasteiger partial charge in [-0.3, -0.25) is 4.79 Å². The van der Waals surface area contributed by atoms with Gasteiger partial charge in [0.15, 0.2) is 0 Å². The summed E-state index contributed by atoms with van der Waals surface area (Å²) in [4.78, 5) is 12.6. The molecular formula is C22H27BrN2O3. The first-order valence-electron chi connectivity index (χ1n) is 9.62. The van der Waals surface area contributed by atoms with Gasteiger partial charge in [-0.25, -0.2) is 0 Å². The van der Waals surface area contributed by atoms with Gasteiger partial charge in [0, 0.05) is 18.6 Å². The summed E-state index contributed by atoms with van der Waals surface area (Å²) in [6.07, 6.45) is 3.77. The van der Waals surface area contributed by atoms with Crippen LogP contribution in [0.25, 0.3) is 0 Å². The van der Waals surface area contributed by atoms with Gasteiger partial charge in [0.25, 0.3) is 0 Å². The number of benzene rings is 2. The van der Waals surface area contributed by atoms with E-state index in [1.54, 1.807) is 19.2 Å². The number of nitrogen functional groups attached to an aromatic ring is 1. The molecule has 0 atom stereocenters. The fraction of sp³-hybridized carbons (Fsp3) is 0.409. The molecule has 1 saturated carbocycles. The Morgan fingerprint density at radius 2 is 1.89 bits per heavy atom. The first-order valence-corrected chi connectivity index (χ1v) is 10.4. The third-order valence-electron chi connectivity index (χ3n) is 5.26. The van der Waals surface area contributed by atoms with Crippen LogP contribution in [-0.4, -0.2) is 19.6 Å². The Bertz CT molecular complexity index is 790. The normalized spacial score (nSPS) is 19.2. The number of halogens is 1. The van der Waals surface area contributed by atoms with Crippen LogP contribution in [0.2, 0.25) is 0 Å². The summed E-state index contributed by atoms with van der Waals surface area (Å²) < 4.78 is 11.9. The summed E-state index contributed by atoms with van der Waals surface area (Å²) in [5.74, 6) is 1.22. The molecule has 0 heterocycles. The maximum Gasteiger partial charge on any atom is 0.227 e. The molecule has 1 aliphatic carbocycles. The lowest BCUT2D eigenvalue weighted by atomic mass is 9.82. The average Bonchev–Trinajstić information content (AvgIpc) is 2.71. The molecule has 0 saturated heterocycles. The molecule has 0 radical (unpaired) electrons. The van der Waals surface area contributed by atoms with Crippen LogP contribution >= 0.6 is 15.9 Å².